The highest BCUT2D eigenvalue weighted by Gasteiger charge is 2.19. The van der Waals surface area contributed by atoms with Crippen molar-refractivity contribution in [2.45, 2.75) is 40.3 Å². The number of nitrogens with one attached hydrogen (secondary N) is 1. The molecule has 0 aliphatic carbocycles. The molecule has 3 aromatic carbocycles. The van der Waals surface area contributed by atoms with Gasteiger partial charge < -0.3 is 14.6 Å². The highest BCUT2D eigenvalue weighted by Crippen LogP contribution is 2.30. The standard InChI is InChI=1S/C27H28N2O2/c1-18-15-19(2)26(20(3)16-18)28-27(30)21(4)29-14-13-23-24(29)11-8-12-25(23)31-17-22-9-6-5-7-10-22/h5-16,21H,17H2,1-4H3,(H,28,30). The molecule has 0 saturated carbocycles. The van der Waals surface area contributed by atoms with E-state index >= 15 is 0 Å². The van der Waals surface area contributed by atoms with Gasteiger partial charge in [0.15, 0.2) is 0 Å². The summed E-state index contributed by atoms with van der Waals surface area (Å²) in [5.74, 6) is 0.779. The van der Waals surface area contributed by atoms with Crippen LogP contribution in [-0.2, 0) is 11.4 Å². The van der Waals surface area contributed by atoms with Gasteiger partial charge in [0.25, 0.3) is 0 Å². The number of nitrogens with zero attached hydrogens (tertiary/aromatic N) is 1. The van der Waals surface area contributed by atoms with Crippen LogP contribution in [0.25, 0.3) is 10.9 Å². The predicted molar refractivity (Wildman–Crippen MR) is 127 cm³/mol. The number of benzene rings is 3. The average Bonchev–Trinajstić information content (AvgIpc) is 3.19. The Morgan fingerprint density at radius 1 is 0.968 bits per heavy atom. The smallest absolute Gasteiger partial charge is 0.247 e. The summed E-state index contributed by atoms with van der Waals surface area (Å²) in [6.45, 7) is 8.55. The van der Waals surface area contributed by atoms with Crippen molar-refractivity contribution in [1.82, 2.24) is 4.57 Å². The number of hydrogen-bond donors (Lipinski definition) is 1. The number of hydrogen-bond acceptors (Lipinski definition) is 2. The van der Waals surface area contributed by atoms with Gasteiger partial charge in [-0.05, 0) is 62.6 Å². The first-order valence-electron chi connectivity index (χ1n) is 10.6. The topological polar surface area (TPSA) is 43.3 Å². The zero-order valence-corrected chi connectivity index (χ0v) is 18.5. The molecule has 0 aliphatic heterocycles. The quantitative estimate of drug-likeness (QED) is 0.401. The molecule has 158 valence electrons. The lowest BCUT2D eigenvalue weighted by atomic mass is 10.0. The largest absolute Gasteiger partial charge is 0.488 e. The third-order valence-electron chi connectivity index (χ3n) is 5.68. The van der Waals surface area contributed by atoms with Crippen molar-refractivity contribution in [2.75, 3.05) is 5.32 Å². The Labute approximate surface area is 183 Å². The van der Waals surface area contributed by atoms with Crippen LogP contribution in [0.2, 0.25) is 0 Å². The van der Waals surface area contributed by atoms with E-state index in [9.17, 15) is 4.79 Å². The maximum absolute atomic E-state index is 13.1. The fourth-order valence-electron chi connectivity index (χ4n) is 4.09. The zero-order chi connectivity index (χ0) is 22.0. The van der Waals surface area contributed by atoms with Gasteiger partial charge >= 0.3 is 0 Å². The van der Waals surface area contributed by atoms with Gasteiger partial charge in [-0.25, -0.2) is 0 Å². The van der Waals surface area contributed by atoms with Gasteiger partial charge in [-0.2, -0.15) is 0 Å². The van der Waals surface area contributed by atoms with E-state index < -0.39 is 0 Å². The molecular formula is C27H28N2O2. The molecular weight excluding hydrogens is 384 g/mol. The maximum atomic E-state index is 13.1. The van der Waals surface area contributed by atoms with Gasteiger partial charge in [0, 0.05) is 17.3 Å². The molecule has 1 unspecified atom stereocenters. The van der Waals surface area contributed by atoms with Crippen molar-refractivity contribution in [3.63, 3.8) is 0 Å². The minimum absolute atomic E-state index is 0.0387. The average molecular weight is 413 g/mol. The van der Waals surface area contributed by atoms with Crippen LogP contribution >= 0.6 is 0 Å². The van der Waals surface area contributed by atoms with E-state index in [1.54, 1.807) is 0 Å². The number of fused-ring (bicyclic) bond motifs is 1. The molecule has 0 radical (unpaired) electrons. The molecule has 0 spiro atoms. The second kappa shape index (κ2) is 8.68. The Morgan fingerprint density at radius 3 is 2.39 bits per heavy atom. The van der Waals surface area contributed by atoms with Crippen LogP contribution in [-0.4, -0.2) is 10.5 Å². The fraction of sp³-hybridized carbons (Fsp3) is 0.222. The Balaban J connectivity index is 1.56. The van der Waals surface area contributed by atoms with Gasteiger partial charge in [0.1, 0.15) is 18.4 Å². The highest BCUT2D eigenvalue weighted by molar-refractivity contribution is 5.96. The Bertz CT molecular complexity index is 1200. The van der Waals surface area contributed by atoms with Crippen molar-refractivity contribution in [2.24, 2.45) is 0 Å². The third kappa shape index (κ3) is 4.33. The number of carbonyl (C=O) groups excluding carboxylic acids is 1. The van der Waals surface area contributed by atoms with Crippen LogP contribution in [0.4, 0.5) is 5.69 Å². The molecule has 4 heteroatoms. The van der Waals surface area contributed by atoms with Crippen LogP contribution in [0.3, 0.4) is 0 Å². The summed E-state index contributed by atoms with van der Waals surface area (Å²) in [5, 5.41) is 4.13. The van der Waals surface area contributed by atoms with Gasteiger partial charge in [-0.3, -0.25) is 4.79 Å². The Morgan fingerprint density at radius 2 is 1.68 bits per heavy atom. The molecule has 1 amide bonds. The molecule has 1 atom stereocenters. The molecule has 31 heavy (non-hydrogen) atoms. The van der Waals surface area contributed by atoms with E-state index in [2.05, 4.69) is 24.4 Å². The third-order valence-corrected chi connectivity index (χ3v) is 5.68. The van der Waals surface area contributed by atoms with E-state index in [-0.39, 0.29) is 11.9 Å². The van der Waals surface area contributed by atoms with Crippen LogP contribution in [0, 0.1) is 20.8 Å². The van der Waals surface area contributed by atoms with E-state index in [1.807, 2.05) is 86.1 Å². The summed E-state index contributed by atoms with van der Waals surface area (Å²) in [5.41, 5.74) is 6.34. The molecule has 4 aromatic rings. The number of aromatic nitrogens is 1. The summed E-state index contributed by atoms with van der Waals surface area (Å²) in [7, 11) is 0. The lowest BCUT2D eigenvalue weighted by Crippen LogP contribution is -2.24. The fourth-order valence-corrected chi connectivity index (χ4v) is 4.09. The summed E-state index contributed by atoms with van der Waals surface area (Å²) in [6.07, 6.45) is 1.96. The second-order valence-electron chi connectivity index (χ2n) is 8.13. The molecule has 1 N–H and O–H groups in total. The van der Waals surface area contributed by atoms with E-state index in [4.69, 9.17) is 4.74 Å². The summed E-state index contributed by atoms with van der Waals surface area (Å²) < 4.78 is 8.08. The highest BCUT2D eigenvalue weighted by atomic mass is 16.5. The van der Waals surface area contributed by atoms with Crippen molar-refractivity contribution < 1.29 is 9.53 Å². The van der Waals surface area contributed by atoms with Crippen molar-refractivity contribution in [3.05, 3.63) is 95.2 Å². The Kier molecular flexibility index (Phi) is 5.81. The molecule has 4 rings (SSSR count). The minimum Gasteiger partial charge on any atom is -0.488 e. The number of ether oxygens (including phenoxy) is 1. The number of aryl methyl sites for hydroxylation is 3. The predicted octanol–water partition coefficient (Wildman–Crippen LogP) is 6.35. The van der Waals surface area contributed by atoms with Crippen LogP contribution in [0.15, 0.2) is 72.9 Å². The minimum atomic E-state index is -0.359. The number of anilines is 1. The second-order valence-corrected chi connectivity index (χ2v) is 8.13. The van der Waals surface area contributed by atoms with E-state index in [0.717, 1.165) is 39.0 Å². The normalized spacial score (nSPS) is 12.0. The Hall–Kier alpha value is -3.53. The summed E-state index contributed by atoms with van der Waals surface area (Å²) >= 11 is 0. The number of rotatable bonds is 6. The van der Waals surface area contributed by atoms with E-state index in [0.29, 0.717) is 6.61 Å². The molecule has 1 aromatic heterocycles. The molecule has 0 bridgehead atoms. The van der Waals surface area contributed by atoms with Gasteiger partial charge in [0.2, 0.25) is 5.91 Å². The number of carbonyl (C=O) groups is 1. The molecule has 1 heterocycles. The summed E-state index contributed by atoms with van der Waals surface area (Å²) in [6, 6.07) is 21.9. The molecule has 0 fully saturated rings. The first kappa shape index (κ1) is 20.7. The van der Waals surface area contributed by atoms with Crippen LogP contribution in [0.5, 0.6) is 5.75 Å². The van der Waals surface area contributed by atoms with Crippen molar-refractivity contribution >= 4 is 22.5 Å². The molecule has 4 nitrogen and oxygen atoms in total. The maximum Gasteiger partial charge on any atom is 0.247 e. The van der Waals surface area contributed by atoms with Gasteiger partial charge in [-0.1, -0.05) is 54.1 Å². The monoisotopic (exact) mass is 412 g/mol. The first-order valence-corrected chi connectivity index (χ1v) is 10.6. The zero-order valence-electron chi connectivity index (χ0n) is 18.5. The lowest BCUT2D eigenvalue weighted by molar-refractivity contribution is -0.118. The first-order chi connectivity index (χ1) is 14.9. The van der Waals surface area contributed by atoms with E-state index in [1.165, 1.54) is 5.56 Å². The molecule has 0 saturated heterocycles. The molecule has 0 aliphatic rings. The van der Waals surface area contributed by atoms with Gasteiger partial charge in [-0.15, -0.1) is 0 Å². The number of amides is 1. The van der Waals surface area contributed by atoms with Crippen molar-refractivity contribution in [1.29, 1.82) is 0 Å². The van der Waals surface area contributed by atoms with Gasteiger partial charge in [0.05, 0.1) is 5.52 Å². The summed E-state index contributed by atoms with van der Waals surface area (Å²) in [4.78, 5) is 13.1. The lowest BCUT2D eigenvalue weighted by Gasteiger charge is -2.18. The van der Waals surface area contributed by atoms with Crippen LogP contribution in [0.1, 0.15) is 35.2 Å². The van der Waals surface area contributed by atoms with Crippen molar-refractivity contribution in [3.8, 4) is 5.75 Å². The SMILES string of the molecule is Cc1cc(C)c(NC(=O)C(C)n2ccc3c(OCc4ccccc4)cccc32)c(C)c1. The van der Waals surface area contributed by atoms with Crippen LogP contribution < -0.4 is 10.1 Å².